The number of nitro groups is 2. The van der Waals surface area contributed by atoms with E-state index in [2.05, 4.69) is 9.97 Å². The van der Waals surface area contributed by atoms with Gasteiger partial charge in [-0.25, -0.2) is 0 Å². The number of rotatable bonds is 4. The summed E-state index contributed by atoms with van der Waals surface area (Å²) in [6, 6.07) is 10.5. The molecule has 0 radical (unpaired) electrons. The molecule has 0 aliphatic heterocycles. The van der Waals surface area contributed by atoms with Crippen LogP contribution in [0.4, 0.5) is 11.4 Å². The minimum atomic E-state index is -0.917. The van der Waals surface area contributed by atoms with E-state index in [1.807, 2.05) is 0 Å². The van der Waals surface area contributed by atoms with Gasteiger partial charge in [0.05, 0.1) is 21.0 Å². The van der Waals surface area contributed by atoms with Crippen molar-refractivity contribution in [1.29, 1.82) is 0 Å². The highest BCUT2D eigenvalue weighted by Gasteiger charge is 2.22. The van der Waals surface area contributed by atoms with Crippen molar-refractivity contribution in [1.82, 2.24) is 9.97 Å². The lowest BCUT2D eigenvalue weighted by Crippen LogP contribution is -2.24. The monoisotopic (exact) mass is 406 g/mol. The maximum absolute atomic E-state index is 12.9. The molecular weight excluding hydrogens is 396 g/mol. The van der Waals surface area contributed by atoms with Gasteiger partial charge >= 0.3 is 0 Å². The highest BCUT2D eigenvalue weighted by molar-refractivity contribution is 6.11. The van der Waals surface area contributed by atoms with Gasteiger partial charge in [-0.15, -0.1) is 0 Å². The molecule has 0 saturated heterocycles. The van der Waals surface area contributed by atoms with E-state index in [0.29, 0.717) is 0 Å². The summed E-state index contributed by atoms with van der Waals surface area (Å²) in [6.07, 6.45) is 0. The molecule has 2 heterocycles. The molecule has 0 aliphatic rings. The average Bonchev–Trinajstić information content (AvgIpc) is 2.71. The summed E-state index contributed by atoms with van der Waals surface area (Å²) in [7, 11) is 0. The number of H-pyrrole nitrogens is 2. The Balaban J connectivity index is 1.91. The van der Waals surface area contributed by atoms with Gasteiger partial charge in [-0.05, 0) is 12.1 Å². The molecule has 30 heavy (non-hydrogen) atoms. The molecule has 0 amide bonds. The third kappa shape index (κ3) is 2.90. The summed E-state index contributed by atoms with van der Waals surface area (Å²) in [5, 5.41) is 22.7. The van der Waals surface area contributed by atoms with Gasteiger partial charge in [-0.3, -0.25) is 34.6 Å². The molecule has 0 fully saturated rings. The molecule has 0 unspecified atom stereocenters. The normalized spacial score (nSPS) is 10.9. The van der Waals surface area contributed by atoms with Crippen molar-refractivity contribution in [2.24, 2.45) is 0 Å². The van der Waals surface area contributed by atoms with E-state index in [1.54, 1.807) is 0 Å². The molecule has 2 aromatic heterocycles. The summed E-state index contributed by atoms with van der Waals surface area (Å²) >= 11 is 0. The Hall–Kier alpha value is -4.67. The molecule has 11 nitrogen and oxygen atoms in total. The van der Waals surface area contributed by atoms with Crippen LogP contribution in [0.2, 0.25) is 0 Å². The van der Waals surface area contributed by atoms with Gasteiger partial charge in [0.1, 0.15) is 11.0 Å². The Labute approximate surface area is 164 Å². The zero-order chi connectivity index (χ0) is 21.6. The van der Waals surface area contributed by atoms with Crippen molar-refractivity contribution in [3.05, 3.63) is 101 Å². The minimum absolute atomic E-state index is 0.0490. The smallest absolute Gasteiger partial charge is 0.293 e. The number of carbonyl (C=O) groups excluding carboxylic acids is 1. The number of non-ortho nitro benzene ring substituents is 2. The summed E-state index contributed by atoms with van der Waals surface area (Å²) < 4.78 is 0. The largest absolute Gasteiger partial charge is 0.316 e. The number of pyridine rings is 2. The molecule has 4 aromatic rings. The lowest BCUT2D eigenvalue weighted by Gasteiger charge is -2.05. The first kappa shape index (κ1) is 18.7. The summed E-state index contributed by atoms with van der Waals surface area (Å²) in [4.78, 5) is 63.4. The number of aromatic amines is 2. The molecule has 0 atom stereocenters. The van der Waals surface area contributed by atoms with Crippen LogP contribution in [0.1, 0.15) is 15.9 Å². The van der Waals surface area contributed by atoms with E-state index in [9.17, 15) is 34.6 Å². The lowest BCUT2D eigenvalue weighted by atomic mass is 10.0. The van der Waals surface area contributed by atoms with Crippen molar-refractivity contribution in [2.75, 3.05) is 0 Å². The number of carbonyl (C=O) groups is 1. The van der Waals surface area contributed by atoms with Crippen molar-refractivity contribution in [3.63, 3.8) is 0 Å². The van der Waals surface area contributed by atoms with Gasteiger partial charge in [0, 0.05) is 22.9 Å². The summed E-state index contributed by atoms with van der Waals surface area (Å²) in [5.41, 5.74) is -3.35. The van der Waals surface area contributed by atoms with Crippen molar-refractivity contribution < 1.29 is 14.6 Å². The van der Waals surface area contributed by atoms with Crippen molar-refractivity contribution in [3.8, 4) is 0 Å². The minimum Gasteiger partial charge on any atom is -0.316 e. The van der Waals surface area contributed by atoms with Gasteiger partial charge in [0.2, 0.25) is 5.78 Å². The number of fused-ring (bicyclic) bond motifs is 2. The number of nitro benzene ring substituents is 2. The first-order valence-electron chi connectivity index (χ1n) is 8.43. The number of benzene rings is 2. The fraction of sp³-hybridized carbons (Fsp3) is 0. The Morgan fingerprint density at radius 2 is 1.13 bits per heavy atom. The van der Waals surface area contributed by atoms with Crippen molar-refractivity contribution in [2.45, 2.75) is 0 Å². The Morgan fingerprint density at radius 3 is 1.50 bits per heavy atom. The van der Waals surface area contributed by atoms with Crippen LogP contribution in [0.25, 0.3) is 21.8 Å². The van der Waals surface area contributed by atoms with Crippen LogP contribution in [0.3, 0.4) is 0 Å². The second-order valence-electron chi connectivity index (χ2n) is 6.35. The molecule has 2 aromatic carbocycles. The number of aromatic nitrogens is 2. The standard InChI is InChI=1S/C19H10N4O7/c24-17(11-7-9-3-1-5-13(22(27)28)15(9)20-18(11)25)12-8-10-4-2-6-14(23(29)30)16(10)21-19(12)26/h1-8H,(H,20,25)(H,21,26). The van der Waals surface area contributed by atoms with Crippen LogP contribution >= 0.6 is 0 Å². The SMILES string of the molecule is O=C(c1cc2cccc([N+](=O)[O-])c2[nH]c1=O)c1cc2cccc([N+](=O)[O-])c2[nH]c1=O. The number of hydrogen-bond donors (Lipinski definition) is 2. The Kier molecular flexibility index (Phi) is 4.20. The Bertz CT molecular complexity index is 1400. The molecule has 2 N–H and O–H groups in total. The topological polar surface area (TPSA) is 169 Å². The second-order valence-corrected chi connectivity index (χ2v) is 6.35. The van der Waals surface area contributed by atoms with Crippen molar-refractivity contribution >= 4 is 39.0 Å². The number of ketones is 1. The maximum Gasteiger partial charge on any atom is 0.293 e. The molecule has 0 saturated carbocycles. The van der Waals surface area contributed by atoms with Crippen LogP contribution in [0.5, 0.6) is 0 Å². The van der Waals surface area contributed by atoms with Crippen LogP contribution in [-0.4, -0.2) is 25.6 Å². The molecule has 0 spiro atoms. The van der Waals surface area contributed by atoms with Gasteiger partial charge in [0.25, 0.3) is 22.5 Å². The van der Waals surface area contributed by atoms with Gasteiger partial charge in [-0.1, -0.05) is 24.3 Å². The number of hydrogen-bond acceptors (Lipinski definition) is 7. The second kappa shape index (κ2) is 6.74. The predicted molar refractivity (Wildman–Crippen MR) is 106 cm³/mol. The number of nitrogens with zero attached hydrogens (tertiary/aromatic N) is 2. The summed E-state index contributed by atoms with van der Waals surface area (Å²) in [6.45, 7) is 0. The van der Waals surface area contributed by atoms with E-state index in [4.69, 9.17) is 0 Å². The fourth-order valence-electron chi connectivity index (χ4n) is 3.22. The third-order valence-electron chi connectivity index (χ3n) is 4.60. The molecule has 11 heteroatoms. The average molecular weight is 406 g/mol. The van der Waals surface area contributed by atoms with Crippen LogP contribution in [0, 0.1) is 20.2 Å². The maximum atomic E-state index is 12.9. The molecule has 0 bridgehead atoms. The highest BCUT2D eigenvalue weighted by Crippen LogP contribution is 2.25. The van der Waals surface area contributed by atoms with Gasteiger partial charge in [0.15, 0.2) is 0 Å². The van der Waals surface area contributed by atoms with Crippen LogP contribution < -0.4 is 11.1 Å². The molecular formula is C19H10N4O7. The zero-order valence-electron chi connectivity index (χ0n) is 14.9. The quantitative estimate of drug-likeness (QED) is 0.298. The number of nitrogens with one attached hydrogen (secondary N) is 2. The van der Waals surface area contributed by atoms with E-state index in [-0.39, 0.29) is 33.2 Å². The third-order valence-corrected chi connectivity index (χ3v) is 4.60. The molecule has 0 aliphatic carbocycles. The van der Waals surface area contributed by atoms with E-state index < -0.39 is 37.9 Å². The first-order chi connectivity index (χ1) is 14.3. The van der Waals surface area contributed by atoms with E-state index in [1.165, 1.54) is 48.5 Å². The summed E-state index contributed by atoms with van der Waals surface area (Å²) in [5.74, 6) is -0.917. The van der Waals surface area contributed by atoms with Crippen LogP contribution in [-0.2, 0) is 0 Å². The lowest BCUT2D eigenvalue weighted by molar-refractivity contribution is -0.383. The molecule has 148 valence electrons. The highest BCUT2D eigenvalue weighted by atomic mass is 16.6. The van der Waals surface area contributed by atoms with E-state index >= 15 is 0 Å². The van der Waals surface area contributed by atoms with E-state index in [0.717, 1.165) is 0 Å². The number of para-hydroxylation sites is 2. The Morgan fingerprint density at radius 1 is 0.733 bits per heavy atom. The fourth-order valence-corrected chi connectivity index (χ4v) is 3.22. The zero-order valence-corrected chi connectivity index (χ0v) is 14.9. The molecule has 4 rings (SSSR count). The van der Waals surface area contributed by atoms with Gasteiger partial charge in [-0.2, -0.15) is 0 Å². The first-order valence-corrected chi connectivity index (χ1v) is 8.43. The van der Waals surface area contributed by atoms with Gasteiger partial charge < -0.3 is 9.97 Å². The van der Waals surface area contributed by atoms with Crippen LogP contribution in [0.15, 0.2) is 58.1 Å². The predicted octanol–water partition coefficient (Wildman–Crippen LogP) is 2.42.